The van der Waals surface area contributed by atoms with Crippen LogP contribution in [0.1, 0.15) is 29.3 Å². The first-order valence-electron chi connectivity index (χ1n) is 10.1. The highest BCUT2D eigenvalue weighted by molar-refractivity contribution is 6.01. The van der Waals surface area contributed by atoms with E-state index in [0.717, 1.165) is 22.2 Å². The van der Waals surface area contributed by atoms with Crippen molar-refractivity contribution in [1.82, 2.24) is 21.3 Å². The summed E-state index contributed by atoms with van der Waals surface area (Å²) in [7, 11) is 0. The molecule has 1 aromatic heterocycles. The third kappa shape index (κ3) is 3.36. The molecule has 1 saturated heterocycles. The zero-order chi connectivity index (χ0) is 20.5. The molecule has 4 aromatic rings. The summed E-state index contributed by atoms with van der Waals surface area (Å²) in [4.78, 5) is 16.0. The van der Waals surface area contributed by atoms with Crippen LogP contribution in [0.2, 0.25) is 0 Å². The summed E-state index contributed by atoms with van der Waals surface area (Å²) >= 11 is 0. The van der Waals surface area contributed by atoms with E-state index in [9.17, 15) is 4.79 Å². The third-order valence-electron chi connectivity index (χ3n) is 5.73. The molecule has 6 heteroatoms. The van der Waals surface area contributed by atoms with Crippen molar-refractivity contribution in [3.63, 3.8) is 0 Å². The van der Waals surface area contributed by atoms with Gasteiger partial charge < -0.3 is 4.98 Å². The first-order chi connectivity index (χ1) is 14.7. The molecule has 150 valence electrons. The molecule has 6 nitrogen and oxygen atoms in total. The van der Waals surface area contributed by atoms with Gasteiger partial charge in [-0.05, 0) is 35.7 Å². The number of para-hydroxylation sites is 1. The Bertz CT molecular complexity index is 1250. The number of hydrogen-bond acceptors (Lipinski definition) is 4. The molecule has 0 spiro atoms. The normalized spacial score (nSPS) is 19.1. The molecular weight excluding hydrogens is 374 g/mol. The number of amides is 1. The van der Waals surface area contributed by atoms with E-state index < -0.39 is 0 Å². The van der Waals surface area contributed by atoms with Crippen molar-refractivity contribution in [2.24, 2.45) is 5.10 Å². The van der Waals surface area contributed by atoms with Crippen molar-refractivity contribution in [3.8, 4) is 0 Å². The van der Waals surface area contributed by atoms with Gasteiger partial charge in [-0.15, -0.1) is 0 Å². The fourth-order valence-electron chi connectivity index (χ4n) is 4.19. The number of hydrogen-bond donors (Lipinski definition) is 4. The quantitative estimate of drug-likeness (QED) is 0.313. The number of carbonyl (C=O) groups excluding carboxylic acids is 1. The lowest BCUT2D eigenvalue weighted by atomic mass is 9.96. The minimum atomic E-state index is -0.352. The summed E-state index contributed by atoms with van der Waals surface area (Å²) in [6.45, 7) is 2.00. The smallest absolute Gasteiger partial charge is 0.258 e. The number of rotatable bonds is 4. The molecule has 3 aromatic carbocycles. The van der Waals surface area contributed by atoms with Gasteiger partial charge in [0.2, 0.25) is 0 Å². The van der Waals surface area contributed by atoms with E-state index in [1.165, 1.54) is 16.3 Å². The maximum absolute atomic E-state index is 12.6. The van der Waals surface area contributed by atoms with Crippen molar-refractivity contribution in [3.05, 3.63) is 83.6 Å². The van der Waals surface area contributed by atoms with Crippen molar-refractivity contribution >= 4 is 33.8 Å². The van der Waals surface area contributed by atoms with E-state index in [-0.39, 0.29) is 18.0 Å². The summed E-state index contributed by atoms with van der Waals surface area (Å²) in [5, 5.41) is 7.69. The molecule has 0 radical (unpaired) electrons. The van der Waals surface area contributed by atoms with Crippen LogP contribution in [0.4, 0.5) is 0 Å². The number of nitrogens with one attached hydrogen (secondary N) is 4. The van der Waals surface area contributed by atoms with Gasteiger partial charge in [-0.3, -0.25) is 4.79 Å². The standard InChI is InChI=1S/C24H23N5O/c1-15-20(19-10-4-5-12-21(19)26-15)14-25-29-24(30)23-13-22(27-28-23)18-11-6-8-16-7-2-3-9-17(16)18/h2-12,14,22-23,26-28H,13H2,1H3,(H,29,30)/b25-14+. The zero-order valence-corrected chi connectivity index (χ0v) is 16.6. The highest BCUT2D eigenvalue weighted by Gasteiger charge is 2.30. The van der Waals surface area contributed by atoms with Gasteiger partial charge >= 0.3 is 0 Å². The van der Waals surface area contributed by atoms with Gasteiger partial charge in [0.25, 0.3) is 5.91 Å². The van der Waals surface area contributed by atoms with Crippen LogP contribution in [-0.2, 0) is 4.79 Å². The van der Waals surface area contributed by atoms with Gasteiger partial charge in [0.15, 0.2) is 0 Å². The first-order valence-corrected chi connectivity index (χ1v) is 10.1. The van der Waals surface area contributed by atoms with Gasteiger partial charge in [-0.2, -0.15) is 5.10 Å². The molecule has 2 heterocycles. The molecule has 1 aliphatic heterocycles. The van der Waals surface area contributed by atoms with Crippen molar-refractivity contribution in [2.45, 2.75) is 25.4 Å². The molecule has 0 bridgehead atoms. The summed E-state index contributed by atoms with van der Waals surface area (Å²) in [5.41, 5.74) is 13.3. The summed E-state index contributed by atoms with van der Waals surface area (Å²) in [5.74, 6) is -0.154. The number of aryl methyl sites for hydroxylation is 1. The Morgan fingerprint density at radius 3 is 2.67 bits per heavy atom. The molecule has 5 rings (SSSR count). The van der Waals surface area contributed by atoms with E-state index >= 15 is 0 Å². The molecule has 2 atom stereocenters. The number of H-pyrrole nitrogens is 1. The molecule has 1 aliphatic rings. The predicted molar refractivity (Wildman–Crippen MR) is 120 cm³/mol. The minimum Gasteiger partial charge on any atom is -0.358 e. The number of benzene rings is 3. The van der Waals surface area contributed by atoms with E-state index in [2.05, 4.69) is 56.7 Å². The molecule has 1 fully saturated rings. The SMILES string of the molecule is Cc1[nH]c2ccccc2c1/C=N/NC(=O)C1CC(c2cccc3ccccc23)NN1. The average molecular weight is 397 g/mol. The molecule has 0 saturated carbocycles. The van der Waals surface area contributed by atoms with Crippen LogP contribution in [-0.4, -0.2) is 23.1 Å². The largest absolute Gasteiger partial charge is 0.358 e. The van der Waals surface area contributed by atoms with Crippen molar-refractivity contribution in [1.29, 1.82) is 0 Å². The number of carbonyl (C=O) groups is 1. The van der Waals surface area contributed by atoms with Crippen molar-refractivity contribution in [2.75, 3.05) is 0 Å². The topological polar surface area (TPSA) is 81.3 Å². The maximum Gasteiger partial charge on any atom is 0.258 e. The lowest BCUT2D eigenvalue weighted by Gasteiger charge is -2.13. The van der Waals surface area contributed by atoms with Gasteiger partial charge in [0.05, 0.1) is 6.21 Å². The molecule has 2 unspecified atom stereocenters. The molecule has 0 aliphatic carbocycles. The number of nitrogens with zero attached hydrogens (tertiary/aromatic N) is 1. The second-order valence-corrected chi connectivity index (χ2v) is 7.64. The van der Waals surface area contributed by atoms with Crippen LogP contribution in [0.5, 0.6) is 0 Å². The molecule has 1 amide bonds. The van der Waals surface area contributed by atoms with Crippen LogP contribution in [0.25, 0.3) is 21.7 Å². The Morgan fingerprint density at radius 2 is 1.77 bits per heavy atom. The Morgan fingerprint density at radius 1 is 1.00 bits per heavy atom. The fraction of sp³-hybridized carbons (Fsp3) is 0.167. The highest BCUT2D eigenvalue weighted by Crippen LogP contribution is 2.29. The van der Waals surface area contributed by atoms with Crippen LogP contribution in [0.15, 0.2) is 71.8 Å². The average Bonchev–Trinajstić information content (AvgIpc) is 3.38. The van der Waals surface area contributed by atoms with Crippen LogP contribution in [0, 0.1) is 6.92 Å². The van der Waals surface area contributed by atoms with Gasteiger partial charge in [-0.1, -0.05) is 60.7 Å². The van der Waals surface area contributed by atoms with E-state index in [0.29, 0.717) is 6.42 Å². The maximum atomic E-state index is 12.6. The Balaban J connectivity index is 1.27. The van der Waals surface area contributed by atoms with E-state index in [4.69, 9.17) is 0 Å². The third-order valence-corrected chi connectivity index (χ3v) is 5.73. The zero-order valence-electron chi connectivity index (χ0n) is 16.6. The summed E-state index contributed by atoms with van der Waals surface area (Å²) < 4.78 is 0. The molecular formula is C24H23N5O. The van der Waals surface area contributed by atoms with Gasteiger partial charge in [0, 0.05) is 28.2 Å². The lowest BCUT2D eigenvalue weighted by molar-refractivity contribution is -0.122. The van der Waals surface area contributed by atoms with Gasteiger partial charge in [-0.25, -0.2) is 16.3 Å². The number of hydrazone groups is 1. The van der Waals surface area contributed by atoms with Crippen LogP contribution in [0.3, 0.4) is 0 Å². The second kappa shape index (κ2) is 7.74. The van der Waals surface area contributed by atoms with Crippen molar-refractivity contribution < 1.29 is 4.79 Å². The van der Waals surface area contributed by atoms with Crippen LogP contribution >= 0.6 is 0 Å². The monoisotopic (exact) mass is 397 g/mol. The Labute approximate surface area is 174 Å². The number of aromatic amines is 1. The summed E-state index contributed by atoms with van der Waals surface area (Å²) in [6, 6.07) is 22.3. The summed E-state index contributed by atoms with van der Waals surface area (Å²) in [6.07, 6.45) is 2.36. The number of fused-ring (bicyclic) bond motifs is 2. The first kappa shape index (κ1) is 18.5. The minimum absolute atomic E-state index is 0.0618. The Kier molecular flexibility index (Phi) is 4.78. The number of hydrazine groups is 1. The van der Waals surface area contributed by atoms with E-state index in [1.54, 1.807) is 6.21 Å². The fourth-order valence-corrected chi connectivity index (χ4v) is 4.19. The molecule has 4 N–H and O–H groups in total. The lowest BCUT2D eigenvalue weighted by Crippen LogP contribution is -2.41. The highest BCUT2D eigenvalue weighted by atomic mass is 16.2. The van der Waals surface area contributed by atoms with E-state index in [1.807, 2.05) is 43.3 Å². The Hall–Kier alpha value is -3.48. The molecule has 30 heavy (non-hydrogen) atoms. The number of aromatic nitrogens is 1. The predicted octanol–water partition coefficient (Wildman–Crippen LogP) is 3.69. The van der Waals surface area contributed by atoms with Gasteiger partial charge in [0.1, 0.15) is 6.04 Å². The van der Waals surface area contributed by atoms with Crippen LogP contribution < -0.4 is 16.3 Å². The second-order valence-electron chi connectivity index (χ2n) is 7.64.